The quantitative estimate of drug-likeness (QED) is 0.725. The number of amidine groups is 1. The summed E-state index contributed by atoms with van der Waals surface area (Å²) in [6.07, 6.45) is 10.1. The number of allylic oxidation sites excluding steroid dienone is 3. The van der Waals surface area contributed by atoms with Gasteiger partial charge in [-0.15, -0.1) is 0 Å². The van der Waals surface area contributed by atoms with Crippen molar-refractivity contribution in [2.24, 2.45) is 4.99 Å². The first-order valence-corrected chi connectivity index (χ1v) is 9.88. The zero-order chi connectivity index (χ0) is 22.2. The second-order valence-corrected chi connectivity index (χ2v) is 7.37. The van der Waals surface area contributed by atoms with Gasteiger partial charge in [0.05, 0.1) is 17.5 Å². The summed E-state index contributed by atoms with van der Waals surface area (Å²) in [7, 11) is 0. The number of pyridine rings is 1. The van der Waals surface area contributed by atoms with Crippen LogP contribution in [0.5, 0.6) is 0 Å². The van der Waals surface area contributed by atoms with Crippen LogP contribution in [0.2, 0.25) is 0 Å². The highest BCUT2D eigenvalue weighted by Gasteiger charge is 2.35. The molecule has 0 saturated heterocycles. The maximum atomic E-state index is 13.0. The van der Waals surface area contributed by atoms with E-state index >= 15 is 0 Å². The van der Waals surface area contributed by atoms with Crippen molar-refractivity contribution in [1.82, 2.24) is 19.7 Å². The Labute approximate surface area is 181 Å². The minimum absolute atomic E-state index is 0.133. The van der Waals surface area contributed by atoms with E-state index < -0.39 is 18.0 Å². The number of hydrogen-bond acceptors (Lipinski definition) is 6. The van der Waals surface area contributed by atoms with Gasteiger partial charge >= 0.3 is 0 Å². The number of nitrogens with one attached hydrogen (secondary N) is 1. The van der Waals surface area contributed by atoms with Gasteiger partial charge in [0.25, 0.3) is 12.3 Å². The van der Waals surface area contributed by atoms with Gasteiger partial charge in [0.2, 0.25) is 0 Å². The second kappa shape index (κ2) is 7.82. The number of alkyl halides is 2. The molecule has 1 aliphatic carbocycles. The van der Waals surface area contributed by atoms with Gasteiger partial charge in [-0.1, -0.05) is 0 Å². The number of hydrogen-bond donors (Lipinski definition) is 1. The number of carbonyl (C=O) groups is 1. The van der Waals surface area contributed by atoms with Gasteiger partial charge in [-0.2, -0.15) is 5.10 Å². The lowest BCUT2D eigenvalue weighted by molar-refractivity contribution is 0.102. The molecule has 8 nitrogen and oxygen atoms in total. The van der Waals surface area contributed by atoms with Crippen molar-refractivity contribution in [3.8, 4) is 0 Å². The molecule has 1 N–H and O–H groups in total. The highest BCUT2D eigenvalue weighted by atomic mass is 19.3. The molecule has 1 saturated carbocycles. The third-order valence-electron chi connectivity index (χ3n) is 5.25. The molecule has 2 aliphatic heterocycles. The summed E-state index contributed by atoms with van der Waals surface area (Å²) in [6.45, 7) is 0. The van der Waals surface area contributed by atoms with Crippen molar-refractivity contribution in [3.05, 3.63) is 77.8 Å². The standard InChI is InChI=1S/C22H16F2N6O2/c23-20(24)17-10-14(5-7-25-17)28-22(32)16-11-27-30(19(16)13-3-4-13)18-2-1-9-29-15(12-31)6-8-26-21(18)29/h1-2,5-11,13,20H,3-4H2,(H,25,28,32). The Morgan fingerprint density at radius 1 is 1.31 bits per heavy atom. The molecule has 32 heavy (non-hydrogen) atoms. The van der Waals surface area contributed by atoms with Crippen LogP contribution in [0.3, 0.4) is 0 Å². The fraction of sp³-hybridized carbons (Fsp3) is 0.182. The minimum atomic E-state index is -2.73. The first-order chi connectivity index (χ1) is 15.6. The molecule has 4 heterocycles. The number of rotatable bonds is 5. The Morgan fingerprint density at radius 2 is 2.16 bits per heavy atom. The van der Waals surface area contributed by atoms with Crippen molar-refractivity contribution in [1.29, 1.82) is 0 Å². The van der Waals surface area contributed by atoms with Crippen LogP contribution in [0.1, 0.15) is 46.9 Å². The molecule has 10 heteroatoms. The highest BCUT2D eigenvalue weighted by molar-refractivity contribution is 6.20. The third-order valence-corrected chi connectivity index (χ3v) is 5.25. The van der Waals surface area contributed by atoms with Gasteiger partial charge in [0.15, 0.2) is 11.8 Å². The molecule has 0 aromatic carbocycles. The van der Waals surface area contributed by atoms with E-state index in [0.717, 1.165) is 18.9 Å². The summed E-state index contributed by atoms with van der Waals surface area (Å²) in [6, 6.07) is 2.60. The Morgan fingerprint density at radius 3 is 2.91 bits per heavy atom. The van der Waals surface area contributed by atoms with Crippen LogP contribution >= 0.6 is 0 Å². The average molecular weight is 434 g/mol. The highest BCUT2D eigenvalue weighted by Crippen LogP contribution is 2.43. The number of halogens is 2. The number of carbonyl (C=O) groups excluding carboxylic acids is 2. The third kappa shape index (κ3) is 3.46. The molecule has 0 spiro atoms. The fourth-order valence-electron chi connectivity index (χ4n) is 3.64. The lowest BCUT2D eigenvalue weighted by Gasteiger charge is -2.27. The number of nitrogens with zero attached hydrogens (tertiary/aromatic N) is 5. The lowest BCUT2D eigenvalue weighted by atomic mass is 10.1. The van der Waals surface area contributed by atoms with Crippen LogP contribution in [0, 0.1) is 0 Å². The molecule has 160 valence electrons. The zero-order valence-corrected chi connectivity index (χ0v) is 16.6. The van der Waals surface area contributed by atoms with Gasteiger partial charge in [-0.25, -0.2) is 23.2 Å². The summed E-state index contributed by atoms with van der Waals surface area (Å²) in [4.78, 5) is 33.9. The molecule has 2 aromatic rings. The van der Waals surface area contributed by atoms with Crippen molar-refractivity contribution in [2.45, 2.75) is 25.2 Å². The average Bonchev–Trinajstić information content (AvgIpc) is 3.56. The van der Waals surface area contributed by atoms with Crippen LogP contribution in [0.4, 0.5) is 14.5 Å². The van der Waals surface area contributed by atoms with Gasteiger partial charge < -0.3 is 5.32 Å². The SMILES string of the molecule is O=C=C1C=CN=C2C(n3ncc(C(=O)Nc4ccnc(C(F)F)c4)c3C3CC3)=CC=CN12. The molecule has 0 bridgehead atoms. The fourth-order valence-corrected chi connectivity index (χ4v) is 3.64. The Hall–Kier alpha value is -4.17. The van der Waals surface area contributed by atoms with Gasteiger partial charge in [0, 0.05) is 30.2 Å². The van der Waals surface area contributed by atoms with E-state index in [1.54, 1.807) is 34.0 Å². The van der Waals surface area contributed by atoms with Gasteiger partial charge in [-0.05, 0) is 43.2 Å². The smallest absolute Gasteiger partial charge is 0.280 e. The number of anilines is 1. The van der Waals surface area contributed by atoms with Crippen molar-refractivity contribution in [2.75, 3.05) is 5.32 Å². The molecule has 3 aliphatic rings. The van der Waals surface area contributed by atoms with Crippen LogP contribution in [-0.2, 0) is 4.79 Å². The second-order valence-electron chi connectivity index (χ2n) is 7.37. The summed E-state index contributed by atoms with van der Waals surface area (Å²) in [5.74, 6) is 2.05. The van der Waals surface area contributed by atoms with E-state index in [2.05, 4.69) is 20.4 Å². The largest absolute Gasteiger partial charge is 0.322 e. The number of amides is 1. The van der Waals surface area contributed by atoms with E-state index in [-0.39, 0.29) is 11.6 Å². The van der Waals surface area contributed by atoms with Crippen LogP contribution < -0.4 is 5.32 Å². The van der Waals surface area contributed by atoms with Gasteiger partial charge in [0.1, 0.15) is 17.1 Å². The summed E-state index contributed by atoms with van der Waals surface area (Å²) in [5, 5.41) is 7.09. The molecule has 0 atom stereocenters. The van der Waals surface area contributed by atoms with E-state index in [9.17, 15) is 18.4 Å². The topological polar surface area (TPSA) is 92.5 Å². The van der Waals surface area contributed by atoms with E-state index in [1.165, 1.54) is 24.7 Å². The molecule has 0 unspecified atom stereocenters. The summed E-state index contributed by atoms with van der Waals surface area (Å²) in [5.41, 5.74) is 1.78. The zero-order valence-electron chi connectivity index (χ0n) is 16.6. The number of aromatic nitrogens is 3. The van der Waals surface area contributed by atoms with Crippen molar-refractivity contribution >= 4 is 29.1 Å². The molecular formula is C22H16F2N6O2. The van der Waals surface area contributed by atoms with Crippen molar-refractivity contribution in [3.63, 3.8) is 0 Å². The minimum Gasteiger partial charge on any atom is -0.322 e. The van der Waals surface area contributed by atoms with E-state index in [4.69, 9.17) is 0 Å². The number of fused-ring (bicyclic) bond motifs is 1. The summed E-state index contributed by atoms with van der Waals surface area (Å²) < 4.78 is 27.5. The first-order valence-electron chi connectivity index (χ1n) is 9.88. The molecule has 2 aromatic heterocycles. The molecule has 1 fully saturated rings. The maximum Gasteiger partial charge on any atom is 0.280 e. The van der Waals surface area contributed by atoms with Crippen LogP contribution in [-0.4, -0.2) is 37.3 Å². The Balaban J connectivity index is 1.50. The lowest BCUT2D eigenvalue weighted by Crippen LogP contribution is -2.32. The van der Waals surface area contributed by atoms with E-state index in [1.807, 2.05) is 5.94 Å². The Kier molecular flexibility index (Phi) is 4.84. The van der Waals surface area contributed by atoms with Gasteiger partial charge in [-0.3, -0.25) is 14.7 Å². The van der Waals surface area contributed by atoms with Crippen molar-refractivity contribution < 1.29 is 18.4 Å². The van der Waals surface area contributed by atoms with Crippen LogP contribution in [0.15, 0.2) is 65.8 Å². The molecule has 5 rings (SSSR count). The predicted molar refractivity (Wildman–Crippen MR) is 112 cm³/mol. The first kappa shape index (κ1) is 19.8. The molecular weight excluding hydrogens is 418 g/mol. The van der Waals surface area contributed by atoms with Crippen LogP contribution in [0.25, 0.3) is 5.70 Å². The predicted octanol–water partition coefficient (Wildman–Crippen LogP) is 3.66. The monoisotopic (exact) mass is 434 g/mol. The normalized spacial score (nSPS) is 17.1. The van der Waals surface area contributed by atoms with E-state index in [0.29, 0.717) is 28.5 Å². The maximum absolute atomic E-state index is 13.0. The molecule has 1 amide bonds. The molecule has 0 radical (unpaired) electrons. The summed E-state index contributed by atoms with van der Waals surface area (Å²) >= 11 is 0. The Bertz CT molecular complexity index is 1280. The number of aliphatic imine (C=N–C) groups is 1.